The zero-order chi connectivity index (χ0) is 10.4. The van der Waals surface area contributed by atoms with Crippen molar-refractivity contribution in [2.24, 2.45) is 5.92 Å². The number of carbonyl (C=O) groups excluding carboxylic acids is 1. The van der Waals surface area contributed by atoms with Gasteiger partial charge in [0.2, 0.25) is 0 Å². The normalized spacial score (nSPS) is 18.4. The Balaban J connectivity index is 2.27. The van der Waals surface area contributed by atoms with Crippen LogP contribution in [-0.4, -0.2) is 29.0 Å². The summed E-state index contributed by atoms with van der Waals surface area (Å²) in [5.74, 6) is 1.56. The van der Waals surface area contributed by atoms with Gasteiger partial charge in [-0.3, -0.25) is 4.79 Å². The molecule has 0 N–H and O–H groups in total. The lowest BCUT2D eigenvalue weighted by molar-refractivity contribution is 0.225. The second-order valence-electron chi connectivity index (χ2n) is 4.37. The van der Waals surface area contributed by atoms with Gasteiger partial charge in [0.1, 0.15) is 0 Å². The van der Waals surface area contributed by atoms with Crippen molar-refractivity contribution >= 4 is 17.0 Å². The molecule has 1 rings (SSSR count). The van der Waals surface area contributed by atoms with Gasteiger partial charge in [-0.25, -0.2) is 0 Å². The summed E-state index contributed by atoms with van der Waals surface area (Å²) >= 11 is 1.49. The summed E-state index contributed by atoms with van der Waals surface area (Å²) in [4.78, 5) is 13.8. The van der Waals surface area contributed by atoms with Gasteiger partial charge in [0, 0.05) is 18.8 Å². The summed E-state index contributed by atoms with van der Waals surface area (Å²) in [5.41, 5.74) is 0. The Kier molecular flexibility index (Phi) is 5.38. The predicted octanol–water partition coefficient (Wildman–Crippen LogP) is 3.37. The molecule has 0 aromatic carbocycles. The van der Waals surface area contributed by atoms with E-state index in [4.69, 9.17) is 0 Å². The number of rotatable bonds is 2. The molecule has 1 amide bonds. The monoisotopic (exact) mass is 215 g/mol. The summed E-state index contributed by atoms with van der Waals surface area (Å²) in [6.07, 6.45) is 4.96. The molecule has 0 aliphatic carbocycles. The molecule has 0 atom stereocenters. The number of hydrogen-bond donors (Lipinski definition) is 0. The van der Waals surface area contributed by atoms with Crippen molar-refractivity contribution in [2.45, 2.75) is 39.5 Å². The molecule has 0 bridgehead atoms. The van der Waals surface area contributed by atoms with Gasteiger partial charge in [-0.05, 0) is 18.8 Å². The van der Waals surface area contributed by atoms with Gasteiger partial charge < -0.3 is 4.90 Å². The molecule has 82 valence electrons. The van der Waals surface area contributed by atoms with E-state index in [9.17, 15) is 4.79 Å². The predicted molar refractivity (Wildman–Crippen MR) is 62.7 cm³/mol. The standard InChI is InChI=1S/C11H21NOS/c1-10(2)9-14-11(13)12-7-5-3-4-6-8-12/h10H,3-9H2,1-2H3. The average Bonchev–Trinajstić information content (AvgIpc) is 2.42. The second-order valence-corrected chi connectivity index (χ2v) is 5.34. The minimum atomic E-state index is 0.292. The van der Waals surface area contributed by atoms with Crippen LogP contribution in [0.2, 0.25) is 0 Å². The fraction of sp³-hybridized carbons (Fsp3) is 0.909. The topological polar surface area (TPSA) is 20.3 Å². The first-order valence-electron chi connectivity index (χ1n) is 5.62. The molecule has 1 fully saturated rings. The van der Waals surface area contributed by atoms with Crippen LogP contribution < -0.4 is 0 Å². The summed E-state index contributed by atoms with van der Waals surface area (Å²) in [7, 11) is 0. The molecular weight excluding hydrogens is 194 g/mol. The molecular formula is C11H21NOS. The van der Waals surface area contributed by atoms with E-state index >= 15 is 0 Å². The van der Waals surface area contributed by atoms with E-state index in [1.165, 1.54) is 37.4 Å². The summed E-state index contributed by atoms with van der Waals surface area (Å²) in [5, 5.41) is 0.292. The van der Waals surface area contributed by atoms with E-state index in [2.05, 4.69) is 13.8 Å². The van der Waals surface area contributed by atoms with E-state index in [0.29, 0.717) is 11.2 Å². The van der Waals surface area contributed by atoms with E-state index < -0.39 is 0 Å². The van der Waals surface area contributed by atoms with Crippen molar-refractivity contribution in [3.8, 4) is 0 Å². The van der Waals surface area contributed by atoms with Crippen LogP contribution in [0, 0.1) is 5.92 Å². The van der Waals surface area contributed by atoms with Gasteiger partial charge in [0.05, 0.1) is 0 Å². The smallest absolute Gasteiger partial charge is 0.281 e. The van der Waals surface area contributed by atoms with Crippen molar-refractivity contribution in [2.75, 3.05) is 18.8 Å². The number of hydrogen-bond acceptors (Lipinski definition) is 2. The van der Waals surface area contributed by atoms with Gasteiger partial charge in [-0.15, -0.1) is 0 Å². The molecule has 0 saturated carbocycles. The molecule has 1 saturated heterocycles. The minimum absolute atomic E-state index is 0.292. The van der Waals surface area contributed by atoms with Crippen molar-refractivity contribution in [1.82, 2.24) is 4.90 Å². The average molecular weight is 215 g/mol. The molecule has 0 aromatic rings. The van der Waals surface area contributed by atoms with Crippen LogP contribution in [0.25, 0.3) is 0 Å². The molecule has 1 heterocycles. The number of carbonyl (C=O) groups is 1. The van der Waals surface area contributed by atoms with E-state index in [0.717, 1.165) is 18.8 Å². The van der Waals surface area contributed by atoms with Crippen LogP contribution in [-0.2, 0) is 0 Å². The Morgan fingerprint density at radius 1 is 1.21 bits per heavy atom. The first-order chi connectivity index (χ1) is 6.70. The zero-order valence-corrected chi connectivity index (χ0v) is 10.1. The highest BCUT2D eigenvalue weighted by Crippen LogP contribution is 2.17. The third-order valence-corrected chi connectivity index (χ3v) is 3.74. The maximum atomic E-state index is 11.7. The maximum Gasteiger partial charge on any atom is 0.281 e. The number of nitrogens with zero attached hydrogens (tertiary/aromatic N) is 1. The van der Waals surface area contributed by atoms with Gasteiger partial charge in [-0.2, -0.15) is 0 Å². The van der Waals surface area contributed by atoms with Crippen molar-refractivity contribution in [3.05, 3.63) is 0 Å². The highest BCUT2D eigenvalue weighted by molar-refractivity contribution is 8.13. The molecule has 1 aliphatic heterocycles. The van der Waals surface area contributed by atoms with Crippen LogP contribution in [0.3, 0.4) is 0 Å². The Labute approximate surface area is 91.4 Å². The lowest BCUT2D eigenvalue weighted by Gasteiger charge is -2.19. The number of thioether (sulfide) groups is 1. The number of amides is 1. The zero-order valence-electron chi connectivity index (χ0n) is 9.29. The Bertz CT molecular complexity index is 174. The summed E-state index contributed by atoms with van der Waals surface area (Å²) in [6.45, 7) is 6.26. The van der Waals surface area contributed by atoms with E-state index in [1.807, 2.05) is 4.90 Å². The molecule has 1 aliphatic rings. The third kappa shape index (κ3) is 4.36. The lowest BCUT2D eigenvalue weighted by Crippen LogP contribution is -2.28. The molecule has 3 heteroatoms. The highest BCUT2D eigenvalue weighted by atomic mass is 32.2. The van der Waals surface area contributed by atoms with Crippen LogP contribution in [0.4, 0.5) is 4.79 Å². The Morgan fingerprint density at radius 2 is 1.79 bits per heavy atom. The van der Waals surface area contributed by atoms with Crippen LogP contribution >= 0.6 is 11.8 Å². The van der Waals surface area contributed by atoms with Gasteiger partial charge in [0.25, 0.3) is 5.24 Å². The summed E-state index contributed by atoms with van der Waals surface area (Å²) < 4.78 is 0. The fourth-order valence-electron chi connectivity index (χ4n) is 1.58. The van der Waals surface area contributed by atoms with E-state index in [-0.39, 0.29) is 0 Å². The first-order valence-corrected chi connectivity index (χ1v) is 6.60. The van der Waals surface area contributed by atoms with Gasteiger partial charge in [0.15, 0.2) is 0 Å². The van der Waals surface area contributed by atoms with Crippen molar-refractivity contribution in [1.29, 1.82) is 0 Å². The molecule has 0 spiro atoms. The second kappa shape index (κ2) is 6.33. The van der Waals surface area contributed by atoms with Crippen molar-refractivity contribution in [3.63, 3.8) is 0 Å². The Morgan fingerprint density at radius 3 is 2.29 bits per heavy atom. The van der Waals surface area contributed by atoms with Crippen molar-refractivity contribution < 1.29 is 4.79 Å². The molecule has 0 unspecified atom stereocenters. The lowest BCUT2D eigenvalue weighted by atomic mass is 10.2. The molecule has 14 heavy (non-hydrogen) atoms. The van der Waals surface area contributed by atoms with Gasteiger partial charge in [-0.1, -0.05) is 38.5 Å². The van der Waals surface area contributed by atoms with Gasteiger partial charge >= 0.3 is 0 Å². The third-order valence-electron chi connectivity index (χ3n) is 2.40. The maximum absolute atomic E-state index is 11.7. The fourth-order valence-corrected chi connectivity index (χ4v) is 2.42. The van der Waals surface area contributed by atoms with Crippen LogP contribution in [0.1, 0.15) is 39.5 Å². The SMILES string of the molecule is CC(C)CSC(=O)N1CCCCCC1. The van der Waals surface area contributed by atoms with E-state index in [1.54, 1.807) is 0 Å². The quantitative estimate of drug-likeness (QED) is 0.704. The Hall–Kier alpha value is -0.180. The first kappa shape index (κ1) is 11.9. The largest absolute Gasteiger partial charge is 0.334 e. The highest BCUT2D eigenvalue weighted by Gasteiger charge is 2.15. The minimum Gasteiger partial charge on any atom is -0.334 e. The molecule has 0 radical (unpaired) electrons. The summed E-state index contributed by atoms with van der Waals surface area (Å²) in [6, 6.07) is 0. The van der Waals surface area contributed by atoms with Crippen LogP contribution in [0.15, 0.2) is 0 Å². The molecule has 2 nitrogen and oxygen atoms in total. The number of likely N-dealkylation sites (tertiary alicyclic amines) is 1. The molecule has 0 aromatic heterocycles. The van der Waals surface area contributed by atoms with Crippen LogP contribution in [0.5, 0.6) is 0 Å².